The van der Waals surface area contributed by atoms with Gasteiger partial charge in [0, 0.05) is 13.0 Å². The van der Waals surface area contributed by atoms with Crippen molar-refractivity contribution in [3.8, 4) is 0 Å². The third kappa shape index (κ3) is 3.39. The lowest BCUT2D eigenvalue weighted by molar-refractivity contribution is -0.140. The molecule has 16 heavy (non-hydrogen) atoms. The number of hydrogen-bond donors (Lipinski definition) is 5. The van der Waals surface area contributed by atoms with E-state index in [-0.39, 0.29) is 18.4 Å². The normalized spacial score (nSPS) is 21.1. The summed E-state index contributed by atoms with van der Waals surface area (Å²) in [4.78, 5) is 32.5. The van der Waals surface area contributed by atoms with E-state index in [1.54, 1.807) is 0 Å². The minimum absolute atomic E-state index is 0.165. The van der Waals surface area contributed by atoms with Crippen molar-refractivity contribution in [1.29, 1.82) is 0 Å². The van der Waals surface area contributed by atoms with Gasteiger partial charge in [-0.05, 0) is 0 Å². The smallest absolute Gasteiger partial charge is 0.328 e. The number of carbonyl (C=O) groups is 3. The number of carbonyl (C=O) groups excluding carboxylic acids is 2. The van der Waals surface area contributed by atoms with E-state index in [0.717, 1.165) is 0 Å². The zero-order chi connectivity index (χ0) is 12.1. The number of aliphatic hydroxyl groups is 1. The van der Waals surface area contributed by atoms with E-state index in [1.165, 1.54) is 0 Å². The highest BCUT2D eigenvalue weighted by Gasteiger charge is 2.25. The van der Waals surface area contributed by atoms with Crippen molar-refractivity contribution in [1.82, 2.24) is 16.0 Å². The SMILES string of the molecule is O=C1CC(NC(=O)N[C@@H](CO)C(=O)O)CN1. The van der Waals surface area contributed by atoms with Crippen molar-refractivity contribution in [3.63, 3.8) is 0 Å². The lowest BCUT2D eigenvalue weighted by atomic mass is 10.2. The van der Waals surface area contributed by atoms with Crippen LogP contribution in [0.3, 0.4) is 0 Å². The molecule has 8 heteroatoms. The molecule has 2 atom stereocenters. The number of rotatable bonds is 4. The van der Waals surface area contributed by atoms with Crippen LogP contribution in [0, 0.1) is 0 Å². The van der Waals surface area contributed by atoms with Gasteiger partial charge in [0.2, 0.25) is 5.91 Å². The van der Waals surface area contributed by atoms with Crippen LogP contribution in [-0.2, 0) is 9.59 Å². The number of urea groups is 1. The fraction of sp³-hybridized carbons (Fsp3) is 0.625. The van der Waals surface area contributed by atoms with Crippen LogP contribution in [0.15, 0.2) is 0 Å². The molecule has 1 saturated heterocycles. The van der Waals surface area contributed by atoms with Crippen molar-refractivity contribution in [2.45, 2.75) is 18.5 Å². The van der Waals surface area contributed by atoms with Gasteiger partial charge in [-0.15, -0.1) is 0 Å². The van der Waals surface area contributed by atoms with Crippen LogP contribution in [0.4, 0.5) is 4.79 Å². The van der Waals surface area contributed by atoms with Crippen LogP contribution in [-0.4, -0.2) is 53.4 Å². The Bertz CT molecular complexity index is 306. The van der Waals surface area contributed by atoms with E-state index in [9.17, 15) is 14.4 Å². The Balaban J connectivity index is 2.35. The summed E-state index contributed by atoms with van der Waals surface area (Å²) in [5.41, 5.74) is 0. The van der Waals surface area contributed by atoms with E-state index in [2.05, 4.69) is 16.0 Å². The first kappa shape index (κ1) is 12.2. The van der Waals surface area contributed by atoms with Crippen LogP contribution < -0.4 is 16.0 Å². The largest absolute Gasteiger partial charge is 0.480 e. The Morgan fingerprint density at radius 2 is 2.25 bits per heavy atom. The molecule has 0 bridgehead atoms. The van der Waals surface area contributed by atoms with Gasteiger partial charge in [0.25, 0.3) is 0 Å². The van der Waals surface area contributed by atoms with Crippen LogP contribution in [0.5, 0.6) is 0 Å². The van der Waals surface area contributed by atoms with Crippen LogP contribution in [0.25, 0.3) is 0 Å². The number of carboxylic acid groups (broad SMARTS) is 1. The van der Waals surface area contributed by atoms with Crippen LogP contribution >= 0.6 is 0 Å². The van der Waals surface area contributed by atoms with E-state index < -0.39 is 24.6 Å². The standard InChI is InChI=1S/C8H13N3O5/c12-3-5(7(14)15)11-8(16)10-4-1-6(13)9-2-4/h4-5,12H,1-3H2,(H,9,13)(H,14,15)(H2,10,11,16)/t4?,5-/m0/s1. The van der Waals surface area contributed by atoms with Gasteiger partial charge in [-0.2, -0.15) is 0 Å². The maximum Gasteiger partial charge on any atom is 0.328 e. The molecule has 5 N–H and O–H groups in total. The molecular weight excluding hydrogens is 218 g/mol. The predicted octanol–water partition coefficient (Wildman–Crippen LogP) is -2.38. The molecule has 90 valence electrons. The first-order valence-electron chi connectivity index (χ1n) is 4.70. The van der Waals surface area contributed by atoms with E-state index in [0.29, 0.717) is 6.54 Å². The summed E-state index contributed by atoms with van der Waals surface area (Å²) in [6, 6.07) is -2.41. The maximum atomic E-state index is 11.2. The monoisotopic (exact) mass is 231 g/mol. The molecule has 1 unspecified atom stereocenters. The number of hydrogen-bond acceptors (Lipinski definition) is 4. The van der Waals surface area contributed by atoms with Gasteiger partial charge >= 0.3 is 12.0 Å². The summed E-state index contributed by atoms with van der Waals surface area (Å²) >= 11 is 0. The molecule has 1 aliphatic rings. The van der Waals surface area contributed by atoms with Crippen molar-refractivity contribution >= 4 is 17.9 Å². The molecule has 0 aromatic heterocycles. The summed E-state index contributed by atoms with van der Waals surface area (Å²) in [5.74, 6) is -1.49. The number of aliphatic hydroxyl groups excluding tert-OH is 1. The number of carboxylic acids is 1. The number of aliphatic carboxylic acids is 1. The molecule has 3 amide bonds. The maximum absolute atomic E-state index is 11.2. The molecule has 0 radical (unpaired) electrons. The second-order valence-corrected chi connectivity index (χ2v) is 3.40. The van der Waals surface area contributed by atoms with Crippen LogP contribution in [0.1, 0.15) is 6.42 Å². The molecule has 0 spiro atoms. The second-order valence-electron chi connectivity index (χ2n) is 3.40. The van der Waals surface area contributed by atoms with E-state index in [4.69, 9.17) is 10.2 Å². The summed E-state index contributed by atoms with van der Waals surface area (Å²) in [6.45, 7) is -0.367. The molecule has 1 fully saturated rings. The highest BCUT2D eigenvalue weighted by molar-refractivity contribution is 5.84. The summed E-state index contributed by atoms with van der Waals surface area (Å²) in [5, 5.41) is 24.2. The molecule has 1 rings (SSSR count). The van der Waals surface area contributed by atoms with Gasteiger partial charge < -0.3 is 26.2 Å². The molecular formula is C8H13N3O5. The third-order valence-corrected chi connectivity index (χ3v) is 2.10. The molecule has 0 aromatic carbocycles. The number of amides is 3. The average Bonchev–Trinajstić information content (AvgIpc) is 2.60. The summed E-state index contributed by atoms with van der Waals surface area (Å²) in [6.07, 6.45) is 0.171. The van der Waals surface area contributed by atoms with E-state index in [1.807, 2.05) is 0 Å². The first-order chi connectivity index (χ1) is 7.52. The van der Waals surface area contributed by atoms with Crippen molar-refractivity contribution < 1.29 is 24.6 Å². The van der Waals surface area contributed by atoms with Gasteiger partial charge in [-0.25, -0.2) is 9.59 Å². The zero-order valence-electron chi connectivity index (χ0n) is 8.40. The topological polar surface area (TPSA) is 128 Å². The van der Waals surface area contributed by atoms with Gasteiger partial charge in [-0.3, -0.25) is 4.79 Å². The van der Waals surface area contributed by atoms with Gasteiger partial charge in [-0.1, -0.05) is 0 Å². The first-order valence-corrected chi connectivity index (χ1v) is 4.70. The molecule has 1 heterocycles. The second kappa shape index (κ2) is 5.31. The predicted molar refractivity (Wildman–Crippen MR) is 51.6 cm³/mol. The Morgan fingerprint density at radius 3 is 2.69 bits per heavy atom. The Hall–Kier alpha value is -1.83. The minimum Gasteiger partial charge on any atom is -0.480 e. The molecule has 1 aliphatic heterocycles. The number of nitrogens with one attached hydrogen (secondary N) is 3. The fourth-order valence-corrected chi connectivity index (χ4v) is 1.28. The lowest BCUT2D eigenvalue weighted by Gasteiger charge is -2.15. The fourth-order valence-electron chi connectivity index (χ4n) is 1.28. The zero-order valence-corrected chi connectivity index (χ0v) is 8.40. The lowest BCUT2D eigenvalue weighted by Crippen LogP contribution is -2.50. The highest BCUT2D eigenvalue weighted by atomic mass is 16.4. The Labute approximate surface area is 91.0 Å². The molecule has 0 saturated carbocycles. The van der Waals surface area contributed by atoms with Crippen molar-refractivity contribution in [3.05, 3.63) is 0 Å². The van der Waals surface area contributed by atoms with Crippen LogP contribution in [0.2, 0.25) is 0 Å². The Kier molecular flexibility index (Phi) is 4.06. The van der Waals surface area contributed by atoms with Crippen molar-refractivity contribution in [2.75, 3.05) is 13.2 Å². The van der Waals surface area contributed by atoms with Gasteiger partial charge in [0.1, 0.15) is 0 Å². The molecule has 8 nitrogen and oxygen atoms in total. The van der Waals surface area contributed by atoms with Crippen molar-refractivity contribution in [2.24, 2.45) is 0 Å². The highest BCUT2D eigenvalue weighted by Crippen LogP contribution is 1.98. The van der Waals surface area contributed by atoms with Gasteiger partial charge in [0.15, 0.2) is 6.04 Å². The average molecular weight is 231 g/mol. The molecule has 0 aliphatic carbocycles. The third-order valence-electron chi connectivity index (χ3n) is 2.10. The summed E-state index contributed by atoms with van der Waals surface area (Å²) in [7, 11) is 0. The Morgan fingerprint density at radius 1 is 1.56 bits per heavy atom. The van der Waals surface area contributed by atoms with Gasteiger partial charge in [0.05, 0.1) is 12.6 Å². The molecule has 0 aromatic rings. The quantitative estimate of drug-likeness (QED) is 0.369. The summed E-state index contributed by atoms with van der Waals surface area (Å²) < 4.78 is 0. The minimum atomic E-state index is -1.34. The van der Waals surface area contributed by atoms with E-state index >= 15 is 0 Å².